The number of carbonyl (C=O) groups excluding carboxylic acids is 2. The minimum Gasteiger partial charge on any atom is -0.496 e. The van der Waals surface area contributed by atoms with Crippen molar-refractivity contribution >= 4 is 11.8 Å². The fraction of sp³-hybridized carbons (Fsp3) is 0.258. The summed E-state index contributed by atoms with van der Waals surface area (Å²) in [6.45, 7) is 4.66. The quantitative estimate of drug-likeness (QED) is 0.359. The zero-order chi connectivity index (χ0) is 28.1. The summed E-state index contributed by atoms with van der Waals surface area (Å²) >= 11 is 0. The van der Waals surface area contributed by atoms with Gasteiger partial charge in [-0.3, -0.25) is 18.7 Å². The number of benzene rings is 3. The molecular weight excluding hydrogens is 506 g/mol. The van der Waals surface area contributed by atoms with Gasteiger partial charge in [-0.15, -0.1) is 0 Å². The highest BCUT2D eigenvalue weighted by Crippen LogP contribution is 2.29. The zero-order valence-electron chi connectivity index (χ0n) is 22.7. The third-order valence-electron chi connectivity index (χ3n) is 7.12. The molecule has 1 aliphatic rings. The van der Waals surface area contributed by atoms with Gasteiger partial charge in [0, 0.05) is 44.8 Å². The Kier molecular flexibility index (Phi) is 8.12. The number of hydrogen-bond acceptors (Lipinski definition) is 5. The number of nitrogens with zero attached hydrogens (tertiary/aromatic N) is 3. The van der Waals surface area contributed by atoms with Gasteiger partial charge >= 0.3 is 5.69 Å². The number of ether oxygens (including phenoxy) is 1. The van der Waals surface area contributed by atoms with E-state index in [2.05, 4.69) is 10.6 Å². The first kappa shape index (κ1) is 27.0. The molecule has 0 saturated carbocycles. The van der Waals surface area contributed by atoms with Gasteiger partial charge in [-0.05, 0) is 30.7 Å². The molecule has 0 unspecified atom stereocenters. The Bertz CT molecular complexity index is 1570. The van der Waals surface area contributed by atoms with Crippen LogP contribution in [0.3, 0.4) is 0 Å². The number of para-hydroxylation sites is 2. The molecule has 4 aromatic rings. The van der Waals surface area contributed by atoms with Gasteiger partial charge in [0.25, 0.3) is 11.8 Å². The average molecular weight is 540 g/mol. The van der Waals surface area contributed by atoms with Crippen LogP contribution in [0.15, 0.2) is 83.7 Å². The number of rotatable bonds is 8. The van der Waals surface area contributed by atoms with Crippen LogP contribution >= 0.6 is 0 Å². The standard InChI is InChI=1S/C31H33N5O4/c1-22-10-6-8-14-25(22)36-27(23-11-4-3-5-12-23)28(30(38)34-19-16-32-17-20-34)35(31(36)39)21-18-33-29(37)24-13-7-9-15-26(24)40-2/h3-15,32H,16-21H2,1-2H3,(H,33,37). The average Bonchev–Trinajstić information content (AvgIpc) is 3.29. The van der Waals surface area contributed by atoms with E-state index in [4.69, 9.17) is 4.74 Å². The molecule has 0 spiro atoms. The van der Waals surface area contributed by atoms with Gasteiger partial charge in [-0.2, -0.15) is 0 Å². The summed E-state index contributed by atoms with van der Waals surface area (Å²) in [5.74, 6) is -0.0632. The lowest BCUT2D eigenvalue weighted by molar-refractivity contribution is 0.0725. The Morgan fingerprint density at radius 3 is 2.33 bits per heavy atom. The van der Waals surface area contributed by atoms with Crippen LogP contribution < -0.4 is 21.1 Å². The van der Waals surface area contributed by atoms with Crippen molar-refractivity contribution in [3.05, 3.63) is 106 Å². The molecule has 0 radical (unpaired) electrons. The minimum atomic E-state index is -0.335. The van der Waals surface area contributed by atoms with Crippen molar-refractivity contribution in [1.29, 1.82) is 0 Å². The molecule has 1 fully saturated rings. The Labute approximate surface area is 233 Å². The number of methoxy groups -OCH3 is 1. The number of nitrogens with one attached hydrogen (secondary N) is 2. The number of aromatic nitrogens is 2. The van der Waals surface area contributed by atoms with Crippen molar-refractivity contribution in [2.24, 2.45) is 0 Å². The molecule has 0 bridgehead atoms. The summed E-state index contributed by atoms with van der Waals surface area (Å²) in [5, 5.41) is 6.17. The van der Waals surface area contributed by atoms with E-state index in [1.165, 1.54) is 11.7 Å². The summed E-state index contributed by atoms with van der Waals surface area (Å²) in [6.07, 6.45) is 0. The summed E-state index contributed by atoms with van der Waals surface area (Å²) in [4.78, 5) is 43.0. The van der Waals surface area contributed by atoms with Gasteiger partial charge in [-0.1, -0.05) is 60.7 Å². The fourth-order valence-corrected chi connectivity index (χ4v) is 5.10. The molecule has 40 heavy (non-hydrogen) atoms. The van der Waals surface area contributed by atoms with Crippen molar-refractivity contribution in [1.82, 2.24) is 24.7 Å². The van der Waals surface area contributed by atoms with Gasteiger partial charge in [0.05, 0.1) is 24.1 Å². The molecule has 2 amide bonds. The van der Waals surface area contributed by atoms with Crippen LogP contribution in [0.5, 0.6) is 5.75 Å². The highest BCUT2D eigenvalue weighted by Gasteiger charge is 2.31. The Morgan fingerprint density at radius 2 is 1.60 bits per heavy atom. The second-order valence-electron chi connectivity index (χ2n) is 9.62. The van der Waals surface area contributed by atoms with Crippen molar-refractivity contribution in [3.63, 3.8) is 0 Å². The van der Waals surface area contributed by atoms with Crippen molar-refractivity contribution < 1.29 is 14.3 Å². The lowest BCUT2D eigenvalue weighted by atomic mass is 10.1. The van der Waals surface area contributed by atoms with Crippen molar-refractivity contribution in [3.8, 4) is 22.7 Å². The third kappa shape index (κ3) is 5.28. The highest BCUT2D eigenvalue weighted by molar-refractivity contribution is 5.99. The normalized spacial score (nSPS) is 13.2. The molecule has 0 atom stereocenters. The van der Waals surface area contributed by atoms with Crippen molar-refractivity contribution in [2.75, 3.05) is 39.8 Å². The molecule has 9 nitrogen and oxygen atoms in total. The van der Waals surface area contributed by atoms with Gasteiger partial charge < -0.3 is 20.3 Å². The van der Waals surface area contributed by atoms with Crippen LogP contribution in [0, 0.1) is 6.92 Å². The minimum absolute atomic E-state index is 0.117. The van der Waals surface area contributed by atoms with E-state index < -0.39 is 0 Å². The first-order valence-corrected chi connectivity index (χ1v) is 13.4. The maximum Gasteiger partial charge on any atom is 0.333 e. The topological polar surface area (TPSA) is 97.6 Å². The number of amides is 2. The second kappa shape index (κ2) is 12.0. The van der Waals surface area contributed by atoms with Crippen LogP contribution in [-0.4, -0.2) is 65.7 Å². The van der Waals surface area contributed by atoms with E-state index in [1.54, 1.807) is 33.7 Å². The summed E-state index contributed by atoms with van der Waals surface area (Å²) in [7, 11) is 1.51. The van der Waals surface area contributed by atoms with Crippen LogP contribution in [-0.2, 0) is 6.54 Å². The largest absolute Gasteiger partial charge is 0.496 e. The monoisotopic (exact) mass is 539 g/mol. The number of aryl methyl sites for hydroxylation is 1. The smallest absolute Gasteiger partial charge is 0.333 e. The van der Waals surface area contributed by atoms with Gasteiger partial charge in [-0.25, -0.2) is 4.79 Å². The maximum atomic E-state index is 14.2. The van der Waals surface area contributed by atoms with Crippen LogP contribution in [0.25, 0.3) is 16.9 Å². The molecule has 1 aliphatic heterocycles. The Hall–Kier alpha value is -4.63. The maximum absolute atomic E-state index is 14.2. The van der Waals surface area contributed by atoms with E-state index in [9.17, 15) is 14.4 Å². The first-order valence-electron chi connectivity index (χ1n) is 13.4. The number of hydrogen-bond donors (Lipinski definition) is 2. The molecule has 2 heterocycles. The van der Waals surface area contributed by atoms with E-state index >= 15 is 0 Å². The predicted octanol–water partition coefficient (Wildman–Crippen LogP) is 3.10. The number of piperazine rings is 1. The summed E-state index contributed by atoms with van der Waals surface area (Å²) < 4.78 is 8.45. The van der Waals surface area contributed by atoms with Crippen LogP contribution in [0.1, 0.15) is 26.4 Å². The number of imidazole rings is 1. The van der Waals surface area contributed by atoms with Crippen molar-refractivity contribution in [2.45, 2.75) is 13.5 Å². The summed E-state index contributed by atoms with van der Waals surface area (Å²) in [5.41, 5.74) is 3.29. The summed E-state index contributed by atoms with van der Waals surface area (Å²) in [6, 6.07) is 24.1. The lowest BCUT2D eigenvalue weighted by Crippen LogP contribution is -2.47. The van der Waals surface area contributed by atoms with E-state index in [-0.39, 0.29) is 30.6 Å². The van der Waals surface area contributed by atoms with Gasteiger partial charge in [0.15, 0.2) is 0 Å². The van der Waals surface area contributed by atoms with Crippen LogP contribution in [0.2, 0.25) is 0 Å². The second-order valence-corrected chi connectivity index (χ2v) is 9.62. The molecule has 206 valence electrons. The molecule has 1 aromatic heterocycles. The zero-order valence-corrected chi connectivity index (χ0v) is 22.7. The molecule has 0 aliphatic carbocycles. The van der Waals surface area contributed by atoms with Crippen LogP contribution in [0.4, 0.5) is 0 Å². The molecule has 2 N–H and O–H groups in total. The first-order chi connectivity index (χ1) is 19.5. The Balaban J connectivity index is 1.60. The highest BCUT2D eigenvalue weighted by atomic mass is 16.5. The van der Waals surface area contributed by atoms with Gasteiger partial charge in [0.2, 0.25) is 0 Å². The molecule has 3 aromatic carbocycles. The number of carbonyl (C=O) groups is 2. The third-order valence-corrected chi connectivity index (χ3v) is 7.12. The Morgan fingerprint density at radius 1 is 0.925 bits per heavy atom. The molecule has 1 saturated heterocycles. The van der Waals surface area contributed by atoms with E-state index in [0.717, 1.165) is 11.1 Å². The van der Waals surface area contributed by atoms with E-state index in [1.807, 2.05) is 61.5 Å². The van der Waals surface area contributed by atoms with Gasteiger partial charge in [0.1, 0.15) is 11.4 Å². The molecule has 9 heteroatoms. The predicted molar refractivity (Wildman–Crippen MR) is 154 cm³/mol. The van der Waals surface area contributed by atoms with E-state index in [0.29, 0.717) is 54.6 Å². The SMILES string of the molecule is COc1ccccc1C(=O)NCCn1c(C(=O)N2CCNCC2)c(-c2ccccc2)n(-c2ccccc2C)c1=O. The fourth-order valence-electron chi connectivity index (χ4n) is 5.10. The molecule has 5 rings (SSSR count). The lowest BCUT2D eigenvalue weighted by Gasteiger charge is -2.28. The molecular formula is C31H33N5O4.